The number of piperidine rings is 1. The quantitative estimate of drug-likeness (QED) is 0.731. The minimum atomic E-state index is -1.34. The van der Waals surface area contributed by atoms with E-state index >= 15 is 0 Å². The number of rotatable bonds is 6. The standard InChI is InChI=1S/C22H26F2N2O/c1-2-22(27)26(17-8-4-3-5-9-17)18-12-14-25(15-13-18)16-21(24)19-10-6-7-11-20(19)23/h3-11,18,21H,2,12-16H2,1H3. The molecule has 1 atom stereocenters. The Morgan fingerprint density at radius 1 is 1.11 bits per heavy atom. The molecule has 1 aliphatic heterocycles. The molecule has 1 fully saturated rings. The number of carbonyl (C=O) groups excluding carboxylic acids is 1. The molecular formula is C22H26F2N2O. The zero-order chi connectivity index (χ0) is 19.2. The molecule has 5 heteroatoms. The van der Waals surface area contributed by atoms with Crippen LogP contribution in [-0.4, -0.2) is 36.5 Å². The van der Waals surface area contributed by atoms with Gasteiger partial charge in [-0.25, -0.2) is 8.78 Å². The summed E-state index contributed by atoms with van der Waals surface area (Å²) in [6.07, 6.45) is 0.676. The number of halogens is 2. The molecule has 0 spiro atoms. The Hall–Kier alpha value is -2.27. The Labute approximate surface area is 159 Å². The molecule has 0 radical (unpaired) electrons. The lowest BCUT2D eigenvalue weighted by molar-refractivity contribution is -0.119. The predicted octanol–water partition coefficient (Wildman–Crippen LogP) is 4.74. The zero-order valence-corrected chi connectivity index (χ0v) is 15.7. The second-order valence-electron chi connectivity index (χ2n) is 6.97. The van der Waals surface area contributed by atoms with Crippen molar-refractivity contribution in [3.05, 3.63) is 66.0 Å². The second-order valence-corrected chi connectivity index (χ2v) is 6.97. The third-order valence-corrected chi connectivity index (χ3v) is 5.19. The third kappa shape index (κ3) is 4.72. The summed E-state index contributed by atoms with van der Waals surface area (Å²) >= 11 is 0. The fourth-order valence-electron chi connectivity index (χ4n) is 3.73. The molecule has 3 rings (SSSR count). The van der Waals surface area contributed by atoms with Crippen molar-refractivity contribution in [1.82, 2.24) is 4.90 Å². The van der Waals surface area contributed by atoms with E-state index in [2.05, 4.69) is 0 Å². The van der Waals surface area contributed by atoms with Crippen molar-refractivity contribution in [1.29, 1.82) is 0 Å². The molecule has 1 unspecified atom stereocenters. The summed E-state index contributed by atoms with van der Waals surface area (Å²) in [7, 11) is 0. The van der Waals surface area contributed by atoms with Gasteiger partial charge in [0.05, 0.1) is 0 Å². The molecular weight excluding hydrogens is 346 g/mol. The molecule has 1 amide bonds. The van der Waals surface area contributed by atoms with Gasteiger partial charge in [0.2, 0.25) is 5.91 Å². The van der Waals surface area contributed by atoms with E-state index in [0.717, 1.165) is 18.5 Å². The first-order valence-electron chi connectivity index (χ1n) is 9.58. The molecule has 0 N–H and O–H groups in total. The van der Waals surface area contributed by atoms with E-state index < -0.39 is 12.0 Å². The minimum absolute atomic E-state index is 0.106. The topological polar surface area (TPSA) is 23.6 Å². The molecule has 2 aromatic rings. The van der Waals surface area contributed by atoms with E-state index in [1.807, 2.05) is 47.1 Å². The van der Waals surface area contributed by atoms with Crippen LogP contribution in [0.15, 0.2) is 54.6 Å². The first-order chi connectivity index (χ1) is 13.1. The van der Waals surface area contributed by atoms with E-state index in [1.54, 1.807) is 12.1 Å². The Morgan fingerprint density at radius 2 is 1.74 bits per heavy atom. The number of anilines is 1. The molecule has 3 nitrogen and oxygen atoms in total. The largest absolute Gasteiger partial charge is 0.309 e. The summed E-state index contributed by atoms with van der Waals surface area (Å²) in [6.45, 7) is 3.44. The summed E-state index contributed by atoms with van der Waals surface area (Å²) in [5.41, 5.74) is 1.03. The average molecular weight is 372 g/mol. The molecule has 2 aromatic carbocycles. The zero-order valence-electron chi connectivity index (χ0n) is 15.7. The summed E-state index contributed by atoms with van der Waals surface area (Å²) < 4.78 is 28.3. The normalized spacial score (nSPS) is 16.9. The minimum Gasteiger partial charge on any atom is -0.309 e. The number of amides is 1. The highest BCUT2D eigenvalue weighted by Gasteiger charge is 2.29. The van der Waals surface area contributed by atoms with Crippen molar-refractivity contribution in [2.45, 2.75) is 38.4 Å². The Morgan fingerprint density at radius 3 is 2.37 bits per heavy atom. The molecule has 1 aliphatic rings. The third-order valence-electron chi connectivity index (χ3n) is 5.19. The number of alkyl halides is 1. The maximum Gasteiger partial charge on any atom is 0.226 e. The van der Waals surface area contributed by atoms with Gasteiger partial charge in [0.15, 0.2) is 0 Å². The smallest absolute Gasteiger partial charge is 0.226 e. The van der Waals surface area contributed by atoms with Crippen LogP contribution in [0.3, 0.4) is 0 Å². The second kappa shape index (κ2) is 9.09. The Bertz CT molecular complexity index is 745. The number of nitrogens with zero attached hydrogens (tertiary/aromatic N) is 2. The van der Waals surface area contributed by atoms with E-state index in [0.29, 0.717) is 19.5 Å². The molecule has 0 aliphatic carbocycles. The lowest BCUT2D eigenvalue weighted by Crippen LogP contribution is -2.48. The maximum absolute atomic E-state index is 14.5. The van der Waals surface area contributed by atoms with Gasteiger partial charge in [-0.3, -0.25) is 9.69 Å². The summed E-state index contributed by atoms with van der Waals surface area (Å²) in [5.74, 6) is -0.391. The highest BCUT2D eigenvalue weighted by atomic mass is 19.1. The number of carbonyl (C=O) groups is 1. The van der Waals surface area contributed by atoms with Crippen LogP contribution in [0, 0.1) is 5.82 Å². The molecule has 144 valence electrons. The number of likely N-dealkylation sites (tertiary alicyclic amines) is 1. The van der Waals surface area contributed by atoms with Gasteiger partial charge in [-0.2, -0.15) is 0 Å². The molecule has 1 heterocycles. The lowest BCUT2D eigenvalue weighted by Gasteiger charge is -2.39. The van der Waals surface area contributed by atoms with Crippen molar-refractivity contribution in [2.24, 2.45) is 0 Å². The highest BCUT2D eigenvalue weighted by Crippen LogP contribution is 2.27. The lowest BCUT2D eigenvalue weighted by atomic mass is 10.0. The Balaban J connectivity index is 1.62. The average Bonchev–Trinajstić information content (AvgIpc) is 2.70. The van der Waals surface area contributed by atoms with Gasteiger partial charge < -0.3 is 4.90 Å². The van der Waals surface area contributed by atoms with Gasteiger partial charge in [-0.05, 0) is 31.0 Å². The van der Waals surface area contributed by atoms with Gasteiger partial charge >= 0.3 is 0 Å². The number of hydrogen-bond donors (Lipinski definition) is 0. The van der Waals surface area contributed by atoms with E-state index in [9.17, 15) is 13.6 Å². The molecule has 0 bridgehead atoms. The molecule has 27 heavy (non-hydrogen) atoms. The van der Waals surface area contributed by atoms with Crippen molar-refractivity contribution >= 4 is 11.6 Å². The van der Waals surface area contributed by atoms with E-state index in [1.165, 1.54) is 12.1 Å². The maximum atomic E-state index is 14.5. The van der Waals surface area contributed by atoms with Crippen LogP contribution in [0.5, 0.6) is 0 Å². The van der Waals surface area contributed by atoms with Crippen molar-refractivity contribution in [2.75, 3.05) is 24.5 Å². The number of benzene rings is 2. The summed E-state index contributed by atoms with van der Waals surface area (Å²) in [5, 5.41) is 0. The summed E-state index contributed by atoms with van der Waals surface area (Å²) in [6, 6.07) is 15.8. The van der Waals surface area contributed by atoms with Crippen LogP contribution in [0.2, 0.25) is 0 Å². The van der Waals surface area contributed by atoms with Crippen molar-refractivity contribution < 1.29 is 13.6 Å². The van der Waals surface area contributed by atoms with Crippen LogP contribution in [0.1, 0.15) is 37.9 Å². The van der Waals surface area contributed by atoms with Crippen LogP contribution >= 0.6 is 0 Å². The van der Waals surface area contributed by atoms with Crippen LogP contribution in [0.25, 0.3) is 0 Å². The van der Waals surface area contributed by atoms with Crippen LogP contribution in [-0.2, 0) is 4.79 Å². The monoisotopic (exact) mass is 372 g/mol. The number of hydrogen-bond acceptors (Lipinski definition) is 2. The predicted molar refractivity (Wildman–Crippen MR) is 104 cm³/mol. The molecule has 0 aromatic heterocycles. The van der Waals surface area contributed by atoms with E-state index in [4.69, 9.17) is 0 Å². The molecule has 0 saturated carbocycles. The van der Waals surface area contributed by atoms with Gasteiger partial charge in [-0.1, -0.05) is 43.3 Å². The van der Waals surface area contributed by atoms with Crippen molar-refractivity contribution in [3.63, 3.8) is 0 Å². The van der Waals surface area contributed by atoms with Gasteiger partial charge in [-0.15, -0.1) is 0 Å². The van der Waals surface area contributed by atoms with E-state index in [-0.39, 0.29) is 24.1 Å². The van der Waals surface area contributed by atoms with Gasteiger partial charge in [0, 0.05) is 43.3 Å². The SMILES string of the molecule is CCC(=O)N(c1ccccc1)C1CCN(CC(F)c2ccccc2F)CC1. The van der Waals surface area contributed by atoms with Crippen LogP contribution in [0.4, 0.5) is 14.5 Å². The first kappa shape index (κ1) is 19.5. The first-order valence-corrected chi connectivity index (χ1v) is 9.58. The molecule has 1 saturated heterocycles. The van der Waals surface area contributed by atoms with Gasteiger partial charge in [0.1, 0.15) is 12.0 Å². The Kier molecular flexibility index (Phi) is 6.56. The van der Waals surface area contributed by atoms with Crippen molar-refractivity contribution in [3.8, 4) is 0 Å². The van der Waals surface area contributed by atoms with Crippen LogP contribution < -0.4 is 4.90 Å². The summed E-state index contributed by atoms with van der Waals surface area (Å²) in [4.78, 5) is 16.4. The highest BCUT2D eigenvalue weighted by molar-refractivity contribution is 5.93. The van der Waals surface area contributed by atoms with Gasteiger partial charge in [0.25, 0.3) is 0 Å². The fraction of sp³-hybridized carbons (Fsp3) is 0.409. The fourth-order valence-corrected chi connectivity index (χ4v) is 3.73. The number of para-hydroxylation sites is 1.